The zero-order valence-corrected chi connectivity index (χ0v) is 11.8. The molecular formula is C13H17NO4S. The third-order valence-electron chi connectivity index (χ3n) is 2.74. The van der Waals surface area contributed by atoms with Crippen molar-refractivity contribution in [2.24, 2.45) is 0 Å². The van der Waals surface area contributed by atoms with Gasteiger partial charge in [-0.15, -0.1) is 0 Å². The Morgan fingerprint density at radius 2 is 2.26 bits per heavy atom. The van der Waals surface area contributed by atoms with Crippen LogP contribution in [-0.2, 0) is 4.79 Å². The first-order chi connectivity index (χ1) is 9.20. The lowest BCUT2D eigenvalue weighted by atomic mass is 10.3. The van der Waals surface area contributed by atoms with Crippen LogP contribution in [-0.4, -0.2) is 37.4 Å². The molecule has 1 aliphatic heterocycles. The number of carbonyl (C=O) groups is 1. The minimum absolute atomic E-state index is 0.0294. The topological polar surface area (TPSA) is 56.8 Å². The molecule has 0 fully saturated rings. The molecule has 2 rings (SSSR count). The van der Waals surface area contributed by atoms with Crippen LogP contribution in [0.1, 0.15) is 6.92 Å². The molecule has 19 heavy (non-hydrogen) atoms. The molecule has 1 aromatic rings. The number of nitrogens with one attached hydrogen (secondary N) is 1. The van der Waals surface area contributed by atoms with Gasteiger partial charge in [0.05, 0.1) is 11.8 Å². The van der Waals surface area contributed by atoms with Crippen molar-refractivity contribution in [1.29, 1.82) is 0 Å². The average molecular weight is 283 g/mol. The van der Waals surface area contributed by atoms with Gasteiger partial charge in [-0.3, -0.25) is 4.79 Å². The van der Waals surface area contributed by atoms with E-state index in [0.717, 1.165) is 5.75 Å². The van der Waals surface area contributed by atoms with E-state index in [9.17, 15) is 4.79 Å². The van der Waals surface area contributed by atoms with E-state index in [2.05, 4.69) is 5.32 Å². The maximum absolute atomic E-state index is 11.5. The lowest BCUT2D eigenvalue weighted by Crippen LogP contribution is -2.33. The largest absolute Gasteiger partial charge is 0.492 e. The van der Waals surface area contributed by atoms with E-state index in [4.69, 9.17) is 14.2 Å². The molecule has 0 aliphatic carbocycles. The second kappa shape index (κ2) is 6.56. The van der Waals surface area contributed by atoms with Crippen molar-refractivity contribution < 1.29 is 19.0 Å². The second-order valence-corrected chi connectivity index (χ2v) is 5.21. The Hall–Kier alpha value is -1.56. The number of hydrogen-bond donors (Lipinski definition) is 1. The number of rotatable bonds is 6. The van der Waals surface area contributed by atoms with E-state index < -0.39 is 0 Å². The average Bonchev–Trinajstić information content (AvgIpc) is 2.89. The van der Waals surface area contributed by atoms with E-state index in [1.807, 2.05) is 25.3 Å². The Morgan fingerprint density at radius 3 is 3.05 bits per heavy atom. The van der Waals surface area contributed by atoms with Crippen LogP contribution in [0.5, 0.6) is 17.2 Å². The van der Waals surface area contributed by atoms with Crippen LogP contribution in [0.4, 0.5) is 0 Å². The molecule has 0 bridgehead atoms. The first-order valence-electron chi connectivity index (χ1n) is 6.03. The van der Waals surface area contributed by atoms with Crippen LogP contribution in [0.15, 0.2) is 18.2 Å². The fraction of sp³-hybridized carbons (Fsp3) is 0.462. The van der Waals surface area contributed by atoms with Crippen molar-refractivity contribution in [3.8, 4) is 17.2 Å². The van der Waals surface area contributed by atoms with Crippen molar-refractivity contribution in [1.82, 2.24) is 5.32 Å². The summed E-state index contributed by atoms with van der Waals surface area (Å²) in [6.45, 7) is 3.03. The zero-order valence-electron chi connectivity index (χ0n) is 11.0. The van der Waals surface area contributed by atoms with Gasteiger partial charge >= 0.3 is 0 Å². The van der Waals surface area contributed by atoms with E-state index in [-0.39, 0.29) is 18.0 Å². The van der Waals surface area contributed by atoms with Gasteiger partial charge in [0.25, 0.3) is 0 Å². The molecule has 0 radical (unpaired) electrons. The van der Waals surface area contributed by atoms with Gasteiger partial charge in [0.2, 0.25) is 12.7 Å². The summed E-state index contributed by atoms with van der Waals surface area (Å²) in [4.78, 5) is 11.5. The maximum Gasteiger partial charge on any atom is 0.232 e. The molecule has 1 N–H and O–H groups in total. The molecular weight excluding hydrogens is 266 g/mol. The van der Waals surface area contributed by atoms with E-state index >= 15 is 0 Å². The molecule has 0 aromatic heterocycles. The van der Waals surface area contributed by atoms with Gasteiger partial charge in [-0.25, -0.2) is 0 Å². The van der Waals surface area contributed by atoms with Crippen molar-refractivity contribution in [3.63, 3.8) is 0 Å². The van der Waals surface area contributed by atoms with E-state index in [1.165, 1.54) is 11.8 Å². The molecule has 1 atom stereocenters. The van der Waals surface area contributed by atoms with Crippen LogP contribution in [0.2, 0.25) is 0 Å². The summed E-state index contributed by atoms with van der Waals surface area (Å²) in [5.74, 6) is 2.16. The molecule has 0 saturated heterocycles. The molecule has 104 valence electrons. The molecule has 1 unspecified atom stereocenters. The summed E-state index contributed by atoms with van der Waals surface area (Å²) in [6.07, 6.45) is 1.91. The van der Waals surface area contributed by atoms with Crippen LogP contribution in [0.25, 0.3) is 0 Å². The van der Waals surface area contributed by atoms with Gasteiger partial charge in [0.15, 0.2) is 11.5 Å². The summed E-state index contributed by atoms with van der Waals surface area (Å²) < 4.78 is 16.0. The zero-order chi connectivity index (χ0) is 13.7. The number of thioether (sulfide) groups is 1. The SMILES string of the molecule is CSC(C)C(=O)NCCOc1ccc2c(c1)OCO2. The first-order valence-corrected chi connectivity index (χ1v) is 7.32. The predicted molar refractivity (Wildman–Crippen MR) is 74.0 cm³/mol. The maximum atomic E-state index is 11.5. The highest BCUT2D eigenvalue weighted by molar-refractivity contribution is 7.99. The Morgan fingerprint density at radius 1 is 1.47 bits per heavy atom. The van der Waals surface area contributed by atoms with Crippen LogP contribution in [0, 0.1) is 0 Å². The summed E-state index contributed by atoms with van der Waals surface area (Å²) in [6, 6.07) is 5.42. The van der Waals surface area contributed by atoms with Gasteiger partial charge in [0, 0.05) is 6.07 Å². The standard InChI is InChI=1S/C13H17NO4S/c1-9(19-2)13(15)14-5-6-16-10-3-4-11-12(7-10)18-8-17-11/h3-4,7,9H,5-6,8H2,1-2H3,(H,14,15). The fourth-order valence-electron chi connectivity index (χ4n) is 1.56. The molecule has 0 saturated carbocycles. The quantitative estimate of drug-likeness (QED) is 0.805. The van der Waals surface area contributed by atoms with E-state index in [0.29, 0.717) is 24.7 Å². The molecule has 1 amide bonds. The van der Waals surface area contributed by atoms with Crippen LogP contribution < -0.4 is 19.5 Å². The van der Waals surface area contributed by atoms with Gasteiger partial charge in [-0.2, -0.15) is 11.8 Å². The molecule has 1 aromatic carbocycles. The summed E-state index contributed by atoms with van der Waals surface area (Å²) >= 11 is 1.52. The lowest BCUT2D eigenvalue weighted by molar-refractivity contribution is -0.120. The number of benzene rings is 1. The highest BCUT2D eigenvalue weighted by atomic mass is 32.2. The van der Waals surface area contributed by atoms with Crippen molar-refractivity contribution in [2.75, 3.05) is 26.2 Å². The number of ether oxygens (including phenoxy) is 3. The monoisotopic (exact) mass is 283 g/mol. The van der Waals surface area contributed by atoms with Crippen LogP contribution >= 0.6 is 11.8 Å². The third kappa shape index (κ3) is 3.70. The number of hydrogen-bond acceptors (Lipinski definition) is 5. The number of carbonyl (C=O) groups excluding carboxylic acids is 1. The minimum atomic E-state index is -0.0365. The van der Waals surface area contributed by atoms with Crippen molar-refractivity contribution >= 4 is 17.7 Å². The summed E-state index contributed by atoms with van der Waals surface area (Å²) in [7, 11) is 0. The molecule has 6 heteroatoms. The normalized spacial score (nSPS) is 14.0. The summed E-state index contributed by atoms with van der Waals surface area (Å²) in [5.41, 5.74) is 0. The van der Waals surface area contributed by atoms with Crippen LogP contribution in [0.3, 0.4) is 0 Å². The van der Waals surface area contributed by atoms with Crippen molar-refractivity contribution in [3.05, 3.63) is 18.2 Å². The molecule has 1 aliphatic rings. The highest BCUT2D eigenvalue weighted by Crippen LogP contribution is 2.34. The van der Waals surface area contributed by atoms with Gasteiger partial charge < -0.3 is 19.5 Å². The first kappa shape index (κ1) is 13.9. The Balaban J connectivity index is 1.73. The summed E-state index contributed by atoms with van der Waals surface area (Å²) in [5, 5.41) is 2.78. The molecule has 0 spiro atoms. The predicted octanol–water partition coefficient (Wildman–Crippen LogP) is 1.66. The Labute approximate surface area is 116 Å². The Bertz CT molecular complexity index is 452. The third-order valence-corrected chi connectivity index (χ3v) is 3.66. The van der Waals surface area contributed by atoms with Gasteiger partial charge in [-0.05, 0) is 25.3 Å². The van der Waals surface area contributed by atoms with E-state index in [1.54, 1.807) is 6.07 Å². The fourth-order valence-corrected chi connectivity index (χ4v) is 1.86. The minimum Gasteiger partial charge on any atom is -0.492 e. The van der Waals surface area contributed by atoms with Gasteiger partial charge in [0.1, 0.15) is 12.4 Å². The number of fused-ring (bicyclic) bond motifs is 1. The smallest absolute Gasteiger partial charge is 0.232 e. The number of amides is 1. The second-order valence-electron chi connectivity index (χ2n) is 4.03. The highest BCUT2D eigenvalue weighted by Gasteiger charge is 2.14. The van der Waals surface area contributed by atoms with Gasteiger partial charge in [-0.1, -0.05) is 0 Å². The molecule has 1 heterocycles. The van der Waals surface area contributed by atoms with Crippen molar-refractivity contribution in [2.45, 2.75) is 12.2 Å². The Kier molecular flexibility index (Phi) is 4.79. The lowest BCUT2D eigenvalue weighted by Gasteiger charge is -2.10. The molecule has 5 nitrogen and oxygen atoms in total.